The zero-order valence-corrected chi connectivity index (χ0v) is 10.8. The van der Waals surface area contributed by atoms with Crippen molar-refractivity contribution >= 4 is 5.82 Å². The largest absolute Gasteiger partial charge is 0.373 e. The molecule has 0 saturated heterocycles. The predicted molar refractivity (Wildman–Crippen MR) is 70.9 cm³/mol. The highest BCUT2D eigenvalue weighted by Gasteiger charge is 2.07. The molecule has 0 saturated carbocycles. The van der Waals surface area contributed by atoms with Crippen molar-refractivity contribution < 1.29 is 0 Å². The number of pyridine rings is 1. The van der Waals surface area contributed by atoms with Gasteiger partial charge in [0.1, 0.15) is 11.6 Å². The van der Waals surface area contributed by atoms with Crippen LogP contribution < -0.4 is 10.9 Å². The molecule has 5 heteroatoms. The lowest BCUT2D eigenvalue weighted by Crippen LogP contribution is -2.24. The van der Waals surface area contributed by atoms with E-state index in [1.807, 2.05) is 33.0 Å². The first kappa shape index (κ1) is 12.3. The second kappa shape index (κ2) is 5.00. The van der Waals surface area contributed by atoms with Gasteiger partial charge in [0.15, 0.2) is 0 Å². The molecule has 0 radical (unpaired) electrons. The highest BCUT2D eigenvalue weighted by atomic mass is 16.1. The third kappa shape index (κ3) is 2.40. The lowest BCUT2D eigenvalue weighted by atomic mass is 10.2. The van der Waals surface area contributed by atoms with Crippen LogP contribution in [0.5, 0.6) is 0 Å². The quantitative estimate of drug-likeness (QED) is 0.885. The fourth-order valence-electron chi connectivity index (χ4n) is 1.92. The summed E-state index contributed by atoms with van der Waals surface area (Å²) in [5.41, 5.74) is 1.68. The molecule has 0 fully saturated rings. The Kier molecular flexibility index (Phi) is 3.41. The molecule has 1 N–H and O–H groups in total. The second-order valence-corrected chi connectivity index (χ2v) is 4.13. The van der Waals surface area contributed by atoms with Crippen molar-refractivity contribution in [2.75, 3.05) is 12.4 Å². The van der Waals surface area contributed by atoms with Crippen molar-refractivity contribution in [3.63, 3.8) is 0 Å². The number of hydrogen-bond donors (Lipinski definition) is 1. The molecule has 0 atom stereocenters. The zero-order valence-electron chi connectivity index (χ0n) is 10.8. The second-order valence-electron chi connectivity index (χ2n) is 4.13. The highest BCUT2D eigenvalue weighted by molar-refractivity contribution is 5.43. The third-order valence-corrected chi connectivity index (χ3v) is 2.78. The average molecular weight is 244 g/mol. The molecule has 18 heavy (non-hydrogen) atoms. The van der Waals surface area contributed by atoms with Crippen LogP contribution in [-0.2, 0) is 6.54 Å². The van der Waals surface area contributed by atoms with Gasteiger partial charge in [-0.25, -0.2) is 9.97 Å². The van der Waals surface area contributed by atoms with Gasteiger partial charge in [-0.2, -0.15) is 0 Å². The fourth-order valence-corrected chi connectivity index (χ4v) is 1.92. The summed E-state index contributed by atoms with van der Waals surface area (Å²) in [6.45, 7) is 4.13. The van der Waals surface area contributed by atoms with Crippen molar-refractivity contribution in [2.45, 2.75) is 20.4 Å². The summed E-state index contributed by atoms with van der Waals surface area (Å²) < 4.78 is 1.64. The first-order chi connectivity index (χ1) is 8.61. The van der Waals surface area contributed by atoms with E-state index < -0.39 is 0 Å². The predicted octanol–water partition coefficient (Wildman–Crippen LogP) is 1.35. The molecule has 2 heterocycles. The van der Waals surface area contributed by atoms with Crippen LogP contribution in [0.15, 0.2) is 29.2 Å². The van der Waals surface area contributed by atoms with Crippen LogP contribution in [0, 0.1) is 13.8 Å². The van der Waals surface area contributed by atoms with E-state index >= 15 is 0 Å². The van der Waals surface area contributed by atoms with E-state index in [2.05, 4.69) is 15.3 Å². The van der Waals surface area contributed by atoms with Crippen LogP contribution in [0.3, 0.4) is 0 Å². The molecular weight excluding hydrogens is 228 g/mol. The van der Waals surface area contributed by atoms with E-state index in [1.165, 1.54) is 0 Å². The van der Waals surface area contributed by atoms with Gasteiger partial charge in [0, 0.05) is 30.6 Å². The third-order valence-electron chi connectivity index (χ3n) is 2.78. The first-order valence-corrected chi connectivity index (χ1v) is 5.78. The number of aryl methyl sites for hydroxylation is 2. The van der Waals surface area contributed by atoms with Gasteiger partial charge < -0.3 is 5.32 Å². The summed E-state index contributed by atoms with van der Waals surface area (Å²) in [7, 11) is 1.81. The molecule has 94 valence electrons. The minimum Gasteiger partial charge on any atom is -0.373 e. The smallest absolute Gasteiger partial charge is 0.254 e. The Morgan fingerprint density at radius 1 is 1.39 bits per heavy atom. The van der Waals surface area contributed by atoms with Gasteiger partial charge in [0.2, 0.25) is 0 Å². The molecule has 0 amide bonds. The molecule has 0 spiro atoms. The molecule has 0 aliphatic heterocycles. The van der Waals surface area contributed by atoms with Gasteiger partial charge in [0.25, 0.3) is 5.56 Å². The normalized spacial score (nSPS) is 10.4. The lowest BCUT2D eigenvalue weighted by molar-refractivity contribution is 0.693. The Bertz CT molecular complexity index is 619. The lowest BCUT2D eigenvalue weighted by Gasteiger charge is -2.12. The molecule has 0 aliphatic rings. The summed E-state index contributed by atoms with van der Waals surface area (Å²) in [6, 6.07) is 5.35. The molecule has 0 bridgehead atoms. The van der Waals surface area contributed by atoms with E-state index in [0.29, 0.717) is 12.4 Å². The number of anilines is 1. The van der Waals surface area contributed by atoms with E-state index in [-0.39, 0.29) is 5.56 Å². The average Bonchev–Trinajstić information content (AvgIpc) is 2.34. The van der Waals surface area contributed by atoms with E-state index in [4.69, 9.17) is 0 Å². The Balaban J connectivity index is 2.43. The molecule has 0 aromatic carbocycles. The van der Waals surface area contributed by atoms with Crippen LogP contribution in [0.25, 0.3) is 0 Å². The molecule has 0 unspecified atom stereocenters. The van der Waals surface area contributed by atoms with Gasteiger partial charge in [-0.15, -0.1) is 0 Å². The highest BCUT2D eigenvalue weighted by Crippen LogP contribution is 2.12. The Morgan fingerprint density at radius 3 is 2.83 bits per heavy atom. The minimum absolute atomic E-state index is 0.0362. The maximum atomic E-state index is 11.9. The summed E-state index contributed by atoms with van der Waals surface area (Å²) in [6.07, 6.45) is 1.72. The monoisotopic (exact) mass is 244 g/mol. The van der Waals surface area contributed by atoms with Gasteiger partial charge in [-0.05, 0) is 19.9 Å². The van der Waals surface area contributed by atoms with Crippen molar-refractivity contribution in [1.82, 2.24) is 14.5 Å². The SMILES string of the molecule is CNc1ncccc1Cn1c(C)nc(C)cc1=O. The van der Waals surface area contributed by atoms with Crippen LogP contribution in [0.1, 0.15) is 17.1 Å². The molecule has 2 rings (SSSR count). The first-order valence-electron chi connectivity index (χ1n) is 5.78. The van der Waals surface area contributed by atoms with Crippen LogP contribution in [0.4, 0.5) is 5.82 Å². The number of aromatic nitrogens is 3. The maximum Gasteiger partial charge on any atom is 0.254 e. The van der Waals surface area contributed by atoms with E-state index in [0.717, 1.165) is 17.1 Å². The summed E-state index contributed by atoms with van der Waals surface area (Å²) in [4.78, 5) is 20.5. The van der Waals surface area contributed by atoms with Crippen molar-refractivity contribution in [3.05, 3.63) is 51.8 Å². The van der Waals surface area contributed by atoms with Crippen LogP contribution in [-0.4, -0.2) is 21.6 Å². The molecular formula is C13H16N4O. The van der Waals surface area contributed by atoms with E-state index in [1.54, 1.807) is 16.8 Å². The summed E-state index contributed by atoms with van der Waals surface area (Å²) in [5, 5.41) is 3.02. The minimum atomic E-state index is -0.0362. The zero-order chi connectivity index (χ0) is 13.1. The molecule has 2 aromatic heterocycles. The van der Waals surface area contributed by atoms with Crippen molar-refractivity contribution in [3.8, 4) is 0 Å². The van der Waals surface area contributed by atoms with Crippen molar-refractivity contribution in [2.24, 2.45) is 0 Å². The summed E-state index contributed by atoms with van der Waals surface area (Å²) >= 11 is 0. The maximum absolute atomic E-state index is 11.9. The number of rotatable bonds is 3. The Morgan fingerprint density at radius 2 is 2.17 bits per heavy atom. The number of nitrogens with one attached hydrogen (secondary N) is 1. The van der Waals surface area contributed by atoms with Crippen molar-refractivity contribution in [1.29, 1.82) is 0 Å². The van der Waals surface area contributed by atoms with Gasteiger partial charge in [-0.1, -0.05) is 6.07 Å². The van der Waals surface area contributed by atoms with Gasteiger partial charge in [0.05, 0.1) is 6.54 Å². The van der Waals surface area contributed by atoms with Gasteiger partial charge in [-0.3, -0.25) is 9.36 Å². The number of hydrogen-bond acceptors (Lipinski definition) is 4. The Labute approximate surface area is 106 Å². The van der Waals surface area contributed by atoms with Crippen LogP contribution >= 0.6 is 0 Å². The topological polar surface area (TPSA) is 59.8 Å². The summed E-state index contributed by atoms with van der Waals surface area (Å²) in [5.74, 6) is 1.50. The standard InChI is InChI=1S/C13H16N4O/c1-9-7-12(18)17(10(2)16-9)8-11-5-4-6-15-13(11)14-3/h4-7H,8H2,1-3H3,(H,14,15). The van der Waals surface area contributed by atoms with Gasteiger partial charge >= 0.3 is 0 Å². The molecule has 0 aliphatic carbocycles. The van der Waals surface area contributed by atoms with Crippen LogP contribution in [0.2, 0.25) is 0 Å². The Hall–Kier alpha value is -2.17. The van der Waals surface area contributed by atoms with E-state index in [9.17, 15) is 4.79 Å². The number of nitrogens with zero attached hydrogens (tertiary/aromatic N) is 3. The molecule has 2 aromatic rings. The fraction of sp³-hybridized carbons (Fsp3) is 0.308. The molecule has 5 nitrogen and oxygen atoms in total.